The van der Waals surface area contributed by atoms with Gasteiger partial charge in [-0.1, -0.05) is 47.9 Å². The van der Waals surface area contributed by atoms with E-state index in [0.29, 0.717) is 12.3 Å². The number of aliphatic carboxylic acids is 1. The number of phenolic OH excluding ortho intramolecular Hbond substituents is 1. The lowest BCUT2D eigenvalue weighted by molar-refractivity contribution is -0.141. The van der Waals surface area contributed by atoms with Gasteiger partial charge in [0, 0.05) is 24.3 Å². The zero-order valence-corrected chi connectivity index (χ0v) is 38.6. The van der Waals surface area contributed by atoms with E-state index in [0.717, 1.165) is 30.8 Å². The minimum Gasteiger partial charge on any atom is -0.506 e. The lowest BCUT2D eigenvalue weighted by atomic mass is 9.96. The maximum Gasteiger partial charge on any atom is 0.356 e. The Labute approximate surface area is 395 Å². The monoisotopic (exact) mass is 986 g/mol. The van der Waals surface area contributed by atoms with Crippen LogP contribution in [0.1, 0.15) is 45.1 Å². The molecule has 1 aromatic heterocycles. The molecular weight excluding hydrogens is 933 g/mol. The largest absolute Gasteiger partial charge is 0.506 e. The molecule has 0 bridgehead atoms. The molecule has 7 unspecified atom stereocenters. The van der Waals surface area contributed by atoms with E-state index in [4.69, 9.17) is 21.9 Å². The first-order valence-corrected chi connectivity index (χ1v) is 23.5. The first-order valence-electron chi connectivity index (χ1n) is 21.0. The third-order valence-corrected chi connectivity index (χ3v) is 12.9. The lowest BCUT2D eigenvalue weighted by Crippen LogP contribution is -2.61. The molecule has 0 radical (unpaired) electrons. The number of aromatic hydroxyl groups is 1. The Kier molecular flexibility index (Phi) is 19.8. The van der Waals surface area contributed by atoms with Crippen LogP contribution >= 0.6 is 21.6 Å². The molecule has 25 nitrogen and oxygen atoms in total. The Morgan fingerprint density at radius 2 is 1.49 bits per heavy atom. The zero-order chi connectivity index (χ0) is 50.2. The van der Waals surface area contributed by atoms with Crippen molar-refractivity contribution in [2.45, 2.75) is 82.2 Å². The molecule has 7 amide bonds. The summed E-state index contributed by atoms with van der Waals surface area (Å²) in [6, 6.07) is 0.681. The van der Waals surface area contributed by atoms with Crippen LogP contribution in [0.5, 0.6) is 11.5 Å². The highest BCUT2D eigenvalue weighted by molar-refractivity contribution is 8.76. The van der Waals surface area contributed by atoms with Crippen LogP contribution in [0.3, 0.4) is 0 Å². The molecule has 0 aliphatic carbocycles. The fraction of sp³-hybridized carbons (Fsp3) is 0.439. The van der Waals surface area contributed by atoms with Crippen molar-refractivity contribution >= 4 is 75.6 Å². The number of nitrogens with zero attached hydrogens (tertiary/aromatic N) is 3. The topological polar surface area (TPSA) is 397 Å². The molecule has 1 saturated heterocycles. The number of hydrogen-bond donors (Lipinski definition) is 11. The standard InChI is InChI=1S/C41H54N12O13S2/c1-4-20(2)33-38(61)46-25(10-12-31(43)55)35(58)48-27(17-32(44)56)36(59)49-28(39(62)63)19-68-67-18-24(42)34(57)47-26(37(60)50-33)15-21-5-11-30(54)29(16-21)53-41(65)52(40(64)51-53)22-6-8-23(9-7-22)66-14-13-45-3/h5-9,11,16,20,24-28,33,54H,3-4,10,12-15,17-19,42H2,1-2H3,(H2,43,55)(H2,44,56)(H,46,61)(H,47,57)(H,48,58)(H,49,59)(H,50,60)(H,51,64)(H,62,63). The van der Waals surface area contributed by atoms with Gasteiger partial charge in [0.15, 0.2) is 0 Å². The van der Waals surface area contributed by atoms with Crippen LogP contribution < -0.4 is 59.9 Å². The van der Waals surface area contributed by atoms with Gasteiger partial charge in [-0.3, -0.25) is 38.6 Å². The second-order valence-corrected chi connectivity index (χ2v) is 18.0. The summed E-state index contributed by atoms with van der Waals surface area (Å²) >= 11 is 0. The van der Waals surface area contributed by atoms with E-state index in [1.165, 1.54) is 42.5 Å². The van der Waals surface area contributed by atoms with Crippen molar-refractivity contribution in [3.63, 3.8) is 0 Å². The fourth-order valence-electron chi connectivity index (χ4n) is 6.51. The second-order valence-electron chi connectivity index (χ2n) is 15.5. The summed E-state index contributed by atoms with van der Waals surface area (Å²) in [5, 5.41) is 35.4. The SMILES string of the molecule is C=NCCOc1ccc(-n2c(=O)[nH]n(-c3cc(CC4NC(=O)C(N)CSSCC(C(=O)O)NC(=O)C(CC(N)=O)NC(=O)C(CCC(N)=O)NC(=O)C(C(C)CC)NC4=O)ccc3O)c2=O)cc1. The normalized spacial score (nSPS) is 21.7. The molecule has 1 aliphatic heterocycles. The quantitative estimate of drug-likeness (QED) is 0.0389. The lowest BCUT2D eigenvalue weighted by Gasteiger charge is -2.29. The van der Waals surface area contributed by atoms with Gasteiger partial charge in [-0.2, -0.15) is 4.68 Å². The van der Waals surface area contributed by atoms with Gasteiger partial charge in [0.05, 0.1) is 24.7 Å². The van der Waals surface area contributed by atoms with Crippen LogP contribution in [0.2, 0.25) is 0 Å². The number of H-pyrrole nitrogens is 1. The van der Waals surface area contributed by atoms with Gasteiger partial charge in [0.2, 0.25) is 41.4 Å². The number of carboxylic acids is 1. The van der Waals surface area contributed by atoms with Crippen LogP contribution in [-0.2, 0) is 44.8 Å². The summed E-state index contributed by atoms with van der Waals surface area (Å²) < 4.78 is 7.13. The summed E-state index contributed by atoms with van der Waals surface area (Å²) in [6.07, 6.45) is -1.74. The Hall–Kier alpha value is -7.13. The van der Waals surface area contributed by atoms with Crippen molar-refractivity contribution in [2.24, 2.45) is 28.1 Å². The number of aliphatic imine (C=N–C) groups is 1. The van der Waals surface area contributed by atoms with Gasteiger partial charge < -0.3 is 58.7 Å². The molecule has 0 spiro atoms. The summed E-state index contributed by atoms with van der Waals surface area (Å²) in [6.45, 7) is 7.30. The molecule has 2 aromatic carbocycles. The summed E-state index contributed by atoms with van der Waals surface area (Å²) in [5.74, 6) is -9.45. The number of carboxylic acid groups (broad SMARTS) is 1. The van der Waals surface area contributed by atoms with E-state index >= 15 is 0 Å². The average Bonchev–Trinajstić information content (AvgIpc) is 3.59. The molecule has 1 aliphatic rings. The number of nitrogens with two attached hydrogens (primary N) is 3. The molecule has 3 aromatic rings. The predicted molar refractivity (Wildman–Crippen MR) is 249 cm³/mol. The minimum atomic E-state index is -1.73. The van der Waals surface area contributed by atoms with Gasteiger partial charge in [-0.15, -0.1) is 0 Å². The number of primary amides is 2. The maximum absolute atomic E-state index is 14.3. The van der Waals surface area contributed by atoms with E-state index in [9.17, 15) is 58.2 Å². The number of phenols is 1. The predicted octanol–water partition coefficient (Wildman–Crippen LogP) is -2.94. The number of ether oxygens (including phenoxy) is 1. The molecule has 27 heteroatoms. The van der Waals surface area contributed by atoms with Crippen molar-refractivity contribution in [2.75, 3.05) is 24.7 Å². The number of nitrogens with one attached hydrogen (secondary N) is 6. The molecule has 14 N–H and O–H groups in total. The number of aromatic nitrogens is 3. The zero-order valence-electron chi connectivity index (χ0n) is 36.9. The number of hydrogen-bond acceptors (Lipinski definition) is 16. The van der Waals surface area contributed by atoms with Crippen LogP contribution in [0.25, 0.3) is 11.4 Å². The number of carbonyl (C=O) groups is 8. The van der Waals surface area contributed by atoms with Crippen molar-refractivity contribution < 1.29 is 53.3 Å². The fourth-order valence-corrected chi connectivity index (χ4v) is 8.78. The van der Waals surface area contributed by atoms with Gasteiger partial charge in [0.1, 0.15) is 54.0 Å². The smallest absolute Gasteiger partial charge is 0.356 e. The van der Waals surface area contributed by atoms with Gasteiger partial charge >= 0.3 is 17.3 Å². The molecule has 2 heterocycles. The Balaban J connectivity index is 1.73. The highest BCUT2D eigenvalue weighted by Crippen LogP contribution is 2.25. The third kappa shape index (κ3) is 14.9. The van der Waals surface area contributed by atoms with Gasteiger partial charge in [-0.05, 0) is 61.0 Å². The van der Waals surface area contributed by atoms with E-state index in [1.54, 1.807) is 13.8 Å². The van der Waals surface area contributed by atoms with Gasteiger partial charge in [-0.25, -0.2) is 24.0 Å². The molecule has 7 atom stereocenters. The number of rotatable bonds is 16. The third-order valence-electron chi connectivity index (χ3n) is 10.4. The van der Waals surface area contributed by atoms with E-state index in [2.05, 4.69) is 43.4 Å². The number of carbonyl (C=O) groups excluding carboxylic acids is 7. The number of amides is 7. The highest BCUT2D eigenvalue weighted by atomic mass is 33.1. The highest BCUT2D eigenvalue weighted by Gasteiger charge is 2.35. The number of benzene rings is 2. The average molecular weight is 987 g/mol. The van der Waals surface area contributed by atoms with Crippen molar-refractivity contribution in [3.8, 4) is 22.9 Å². The van der Waals surface area contributed by atoms with Crippen molar-refractivity contribution in [3.05, 3.63) is 69.0 Å². The summed E-state index contributed by atoms with van der Waals surface area (Å²) in [5.41, 5.74) is 15.3. The van der Waals surface area contributed by atoms with Crippen molar-refractivity contribution in [1.82, 2.24) is 40.9 Å². The molecule has 0 saturated carbocycles. The van der Waals surface area contributed by atoms with Crippen molar-refractivity contribution in [1.29, 1.82) is 0 Å². The Bertz CT molecular complexity index is 2480. The van der Waals surface area contributed by atoms with Crippen LogP contribution in [0.4, 0.5) is 0 Å². The van der Waals surface area contributed by atoms with Crippen LogP contribution in [-0.4, -0.2) is 140 Å². The second kappa shape index (κ2) is 25.1. The molecule has 4 rings (SSSR count). The molecular formula is C41H54N12O13S2. The van der Waals surface area contributed by atoms with E-state index in [-0.39, 0.29) is 47.9 Å². The first kappa shape index (κ1) is 53.5. The van der Waals surface area contributed by atoms with E-state index in [1.807, 2.05) is 0 Å². The Morgan fingerprint density at radius 3 is 2.12 bits per heavy atom. The van der Waals surface area contributed by atoms with Crippen LogP contribution in [0.15, 0.2) is 57.0 Å². The van der Waals surface area contributed by atoms with Gasteiger partial charge in [0.25, 0.3) is 0 Å². The summed E-state index contributed by atoms with van der Waals surface area (Å²) in [7, 11) is 1.87. The maximum atomic E-state index is 14.3. The first-order chi connectivity index (χ1) is 32.2. The van der Waals surface area contributed by atoms with Crippen LogP contribution in [0, 0.1) is 5.92 Å². The molecule has 68 heavy (non-hydrogen) atoms. The Morgan fingerprint density at radius 1 is 0.853 bits per heavy atom. The minimum absolute atomic E-state index is 0.144. The summed E-state index contributed by atoms with van der Waals surface area (Å²) in [4.78, 5) is 136. The molecule has 368 valence electrons. The van der Waals surface area contributed by atoms with E-state index < -0.39 is 126 Å². The number of aromatic amines is 1. The molecule has 1 fully saturated rings.